The Hall–Kier alpha value is -2.75. The SMILES string of the molecule is C[C@H]1OCC(F)(F)[C@@H](C)NC(=O)O[C@@H]2CC[C@@H](C2)c2cc(n[nH]2)Nc2ccnc1c2. The van der Waals surface area contributed by atoms with Gasteiger partial charge in [0.25, 0.3) is 5.92 Å². The number of H-pyrrole nitrogens is 1. The minimum atomic E-state index is -3.27. The van der Waals surface area contributed by atoms with Crippen molar-refractivity contribution in [1.29, 1.82) is 0 Å². The molecule has 4 atom stereocenters. The summed E-state index contributed by atoms with van der Waals surface area (Å²) in [5.41, 5.74) is 2.18. The average Bonchev–Trinajstić information content (AvgIpc) is 3.35. The van der Waals surface area contributed by atoms with Gasteiger partial charge in [0, 0.05) is 29.6 Å². The lowest BCUT2D eigenvalue weighted by atomic mass is 10.0. The van der Waals surface area contributed by atoms with Gasteiger partial charge in [-0.05, 0) is 45.2 Å². The molecular weight excluding hydrogens is 396 g/mol. The molecule has 8 nitrogen and oxygen atoms in total. The molecule has 3 heterocycles. The van der Waals surface area contributed by atoms with Crippen molar-refractivity contribution >= 4 is 17.6 Å². The molecule has 6 bridgehead atoms. The fourth-order valence-corrected chi connectivity index (χ4v) is 3.75. The minimum Gasteiger partial charge on any atom is -0.446 e. The summed E-state index contributed by atoms with van der Waals surface area (Å²) in [4.78, 5) is 16.3. The van der Waals surface area contributed by atoms with E-state index >= 15 is 0 Å². The Kier molecular flexibility index (Phi) is 5.59. The number of nitrogens with one attached hydrogen (secondary N) is 3. The zero-order valence-electron chi connectivity index (χ0n) is 16.8. The molecule has 2 aromatic rings. The number of pyridine rings is 1. The molecule has 10 heteroatoms. The Morgan fingerprint density at radius 2 is 2.07 bits per heavy atom. The topological polar surface area (TPSA) is 101 Å². The maximum atomic E-state index is 14.5. The Bertz CT molecular complexity index is 906. The van der Waals surface area contributed by atoms with Crippen molar-refractivity contribution in [3.05, 3.63) is 35.8 Å². The fraction of sp³-hybridized carbons (Fsp3) is 0.550. The van der Waals surface area contributed by atoms with Crippen molar-refractivity contribution < 1.29 is 23.0 Å². The standard InChI is InChI=1S/C20H25F2N5O3/c1-11-16-8-14(5-6-23-16)25-18-9-17(26-27-18)13-3-4-15(7-13)30-19(28)24-12(2)20(21,22)10-29-11/h5-6,8-9,11-13,15H,3-4,7,10H2,1-2H3,(H,24,28)(H2,25,26,27)/t11-,12-,13+,15-/m1/s1. The Morgan fingerprint density at radius 1 is 1.23 bits per heavy atom. The molecule has 2 aliphatic rings. The summed E-state index contributed by atoms with van der Waals surface area (Å²) in [6, 6.07) is 4.00. The lowest BCUT2D eigenvalue weighted by Crippen LogP contribution is -2.48. The lowest BCUT2D eigenvalue weighted by molar-refractivity contribution is -0.114. The Balaban J connectivity index is 1.59. The molecular formula is C20H25F2N5O3. The van der Waals surface area contributed by atoms with E-state index < -0.39 is 30.8 Å². The van der Waals surface area contributed by atoms with E-state index in [-0.39, 0.29) is 12.0 Å². The first-order valence-corrected chi connectivity index (χ1v) is 10.0. The largest absolute Gasteiger partial charge is 0.446 e. The van der Waals surface area contributed by atoms with E-state index in [0.717, 1.165) is 17.8 Å². The number of alkyl halides is 2. The van der Waals surface area contributed by atoms with E-state index in [2.05, 4.69) is 25.8 Å². The van der Waals surface area contributed by atoms with Crippen molar-refractivity contribution in [2.75, 3.05) is 11.9 Å². The zero-order chi connectivity index (χ0) is 21.3. The molecule has 1 aliphatic heterocycles. The van der Waals surface area contributed by atoms with Gasteiger partial charge in [-0.25, -0.2) is 13.6 Å². The zero-order valence-corrected chi connectivity index (χ0v) is 16.8. The first-order chi connectivity index (χ1) is 14.3. The van der Waals surface area contributed by atoms with Gasteiger partial charge in [0.15, 0.2) is 5.82 Å². The van der Waals surface area contributed by atoms with Crippen LogP contribution in [0.5, 0.6) is 0 Å². The summed E-state index contributed by atoms with van der Waals surface area (Å²) in [6.07, 6.45) is 1.84. The molecule has 0 unspecified atom stereocenters. The summed E-state index contributed by atoms with van der Waals surface area (Å²) in [5, 5.41) is 12.8. The Labute approximate surface area is 172 Å². The number of amides is 1. The predicted molar refractivity (Wildman–Crippen MR) is 105 cm³/mol. The van der Waals surface area contributed by atoms with Crippen LogP contribution >= 0.6 is 0 Å². The molecule has 1 amide bonds. The quantitative estimate of drug-likeness (QED) is 0.594. The van der Waals surface area contributed by atoms with Crippen LogP contribution in [0.4, 0.5) is 25.1 Å². The number of nitrogens with zero attached hydrogens (tertiary/aromatic N) is 2. The van der Waals surface area contributed by atoms with E-state index in [9.17, 15) is 13.6 Å². The molecule has 30 heavy (non-hydrogen) atoms. The number of hydrogen-bond donors (Lipinski definition) is 3. The van der Waals surface area contributed by atoms with Gasteiger partial charge in [0.05, 0.1) is 17.8 Å². The molecule has 1 saturated carbocycles. The molecule has 1 fully saturated rings. The van der Waals surface area contributed by atoms with Crippen LogP contribution in [-0.4, -0.2) is 45.9 Å². The van der Waals surface area contributed by atoms with Crippen LogP contribution in [0.2, 0.25) is 0 Å². The predicted octanol–water partition coefficient (Wildman–Crippen LogP) is 4.03. The second-order valence-corrected chi connectivity index (χ2v) is 7.92. The third-order valence-corrected chi connectivity index (χ3v) is 5.66. The van der Waals surface area contributed by atoms with Crippen molar-refractivity contribution in [2.24, 2.45) is 0 Å². The number of anilines is 2. The molecule has 162 valence electrons. The van der Waals surface area contributed by atoms with Crippen LogP contribution < -0.4 is 10.6 Å². The van der Waals surface area contributed by atoms with Crippen LogP contribution in [-0.2, 0) is 9.47 Å². The van der Waals surface area contributed by atoms with Crippen LogP contribution in [0.25, 0.3) is 0 Å². The lowest BCUT2D eigenvalue weighted by Gasteiger charge is -2.26. The highest BCUT2D eigenvalue weighted by molar-refractivity contribution is 5.68. The van der Waals surface area contributed by atoms with E-state index in [1.165, 1.54) is 6.92 Å². The van der Waals surface area contributed by atoms with Gasteiger partial charge in [-0.1, -0.05) is 0 Å². The Morgan fingerprint density at radius 3 is 2.90 bits per heavy atom. The molecule has 0 radical (unpaired) electrons. The number of rotatable bonds is 0. The van der Waals surface area contributed by atoms with Crippen molar-refractivity contribution in [3.63, 3.8) is 0 Å². The monoisotopic (exact) mass is 421 g/mol. The smallest absolute Gasteiger partial charge is 0.407 e. The van der Waals surface area contributed by atoms with E-state index in [4.69, 9.17) is 9.47 Å². The maximum Gasteiger partial charge on any atom is 0.407 e. The second kappa shape index (κ2) is 8.17. The van der Waals surface area contributed by atoms with Crippen molar-refractivity contribution in [3.8, 4) is 0 Å². The number of carbonyl (C=O) groups excluding carboxylic acids is 1. The molecule has 0 aromatic carbocycles. The van der Waals surface area contributed by atoms with Gasteiger partial charge in [0.2, 0.25) is 0 Å². The van der Waals surface area contributed by atoms with Crippen LogP contribution in [0.15, 0.2) is 24.4 Å². The highest BCUT2D eigenvalue weighted by Crippen LogP contribution is 2.36. The van der Waals surface area contributed by atoms with Gasteiger partial charge in [-0.15, -0.1) is 0 Å². The van der Waals surface area contributed by atoms with Crippen LogP contribution in [0, 0.1) is 0 Å². The molecule has 3 N–H and O–H groups in total. The van der Waals surface area contributed by atoms with Gasteiger partial charge < -0.3 is 20.1 Å². The van der Waals surface area contributed by atoms with Gasteiger partial charge >= 0.3 is 6.09 Å². The summed E-state index contributed by atoms with van der Waals surface area (Å²) < 4.78 is 39.7. The van der Waals surface area contributed by atoms with E-state index in [0.29, 0.717) is 24.4 Å². The number of fused-ring (bicyclic) bond motifs is 7. The minimum absolute atomic E-state index is 0.157. The van der Waals surface area contributed by atoms with Gasteiger partial charge in [-0.3, -0.25) is 10.1 Å². The first-order valence-electron chi connectivity index (χ1n) is 10.0. The summed E-state index contributed by atoms with van der Waals surface area (Å²) in [5.74, 6) is -2.47. The molecule has 0 saturated heterocycles. The van der Waals surface area contributed by atoms with Crippen molar-refractivity contribution in [1.82, 2.24) is 20.5 Å². The molecule has 2 aromatic heterocycles. The summed E-state index contributed by atoms with van der Waals surface area (Å²) >= 11 is 0. The fourth-order valence-electron chi connectivity index (χ4n) is 3.75. The number of aromatic nitrogens is 3. The first kappa shape index (κ1) is 20.5. The summed E-state index contributed by atoms with van der Waals surface area (Å²) in [7, 11) is 0. The molecule has 1 aliphatic carbocycles. The second-order valence-electron chi connectivity index (χ2n) is 7.92. The van der Waals surface area contributed by atoms with Crippen LogP contribution in [0.1, 0.15) is 56.5 Å². The number of hydrogen-bond acceptors (Lipinski definition) is 6. The normalized spacial score (nSPS) is 29.1. The van der Waals surface area contributed by atoms with Gasteiger partial charge in [0.1, 0.15) is 12.7 Å². The third-order valence-electron chi connectivity index (χ3n) is 5.66. The number of ether oxygens (including phenoxy) is 2. The third kappa shape index (κ3) is 4.53. The van der Waals surface area contributed by atoms with Crippen LogP contribution in [0.3, 0.4) is 0 Å². The highest BCUT2D eigenvalue weighted by atomic mass is 19.3. The number of aromatic amines is 1. The van der Waals surface area contributed by atoms with Gasteiger partial charge in [-0.2, -0.15) is 5.10 Å². The van der Waals surface area contributed by atoms with E-state index in [1.807, 2.05) is 6.07 Å². The molecule has 0 spiro atoms. The van der Waals surface area contributed by atoms with Crippen molar-refractivity contribution in [2.45, 2.75) is 63.2 Å². The van der Waals surface area contributed by atoms with E-state index in [1.54, 1.807) is 25.3 Å². The number of halogens is 2. The maximum absolute atomic E-state index is 14.5. The molecule has 4 rings (SSSR count). The highest BCUT2D eigenvalue weighted by Gasteiger charge is 2.39. The number of alkyl carbamates (subject to hydrolysis) is 1. The number of carbonyl (C=O) groups is 1. The average molecular weight is 421 g/mol. The summed E-state index contributed by atoms with van der Waals surface area (Å²) in [6.45, 7) is 2.03.